The van der Waals surface area contributed by atoms with E-state index in [2.05, 4.69) is 20.6 Å². The summed E-state index contributed by atoms with van der Waals surface area (Å²) in [6.07, 6.45) is 1.64. The molecular weight excluding hydrogens is 340 g/mol. The van der Waals surface area contributed by atoms with Gasteiger partial charge in [-0.05, 0) is 23.8 Å². The van der Waals surface area contributed by atoms with Crippen LogP contribution in [0.4, 0.5) is 10.9 Å². The number of pyridine rings is 1. The molecule has 2 N–H and O–H groups in total. The largest absolute Gasteiger partial charge is 0.494 e. The third-order valence-electron chi connectivity index (χ3n) is 3.40. The number of methoxy groups -OCH3 is 1. The quantitative estimate of drug-likeness (QED) is 0.703. The van der Waals surface area contributed by atoms with Gasteiger partial charge in [0, 0.05) is 26.2 Å². The van der Waals surface area contributed by atoms with Crippen LogP contribution in [0.15, 0.2) is 30.5 Å². The number of hydrogen-bond donors (Lipinski definition) is 2. The maximum absolute atomic E-state index is 11.1. The lowest BCUT2D eigenvalue weighted by Gasteiger charge is -2.09. The number of nitrogens with zero attached hydrogens (tertiary/aromatic N) is 2. The van der Waals surface area contributed by atoms with Crippen molar-refractivity contribution in [2.45, 2.75) is 13.5 Å². The molecule has 25 heavy (non-hydrogen) atoms. The van der Waals surface area contributed by atoms with Crippen molar-refractivity contribution in [3.05, 3.63) is 36.0 Å². The summed E-state index contributed by atoms with van der Waals surface area (Å²) < 4.78 is 12.3. The number of carbonyl (C=O) groups excluding carboxylic acids is 1. The van der Waals surface area contributed by atoms with Crippen molar-refractivity contribution in [3.63, 3.8) is 0 Å². The molecule has 0 atom stereocenters. The van der Waals surface area contributed by atoms with Gasteiger partial charge in [-0.3, -0.25) is 4.79 Å². The molecule has 0 saturated carbocycles. The monoisotopic (exact) mass is 358 g/mol. The predicted octanol–water partition coefficient (Wildman–Crippen LogP) is 3.28. The van der Waals surface area contributed by atoms with Crippen LogP contribution < -0.4 is 20.1 Å². The molecule has 130 valence electrons. The van der Waals surface area contributed by atoms with Crippen LogP contribution in [0.2, 0.25) is 0 Å². The minimum atomic E-state index is -0.161. The summed E-state index contributed by atoms with van der Waals surface area (Å²) in [6, 6.07) is 7.37. The number of benzene rings is 1. The molecule has 8 heteroatoms. The van der Waals surface area contributed by atoms with Crippen molar-refractivity contribution in [3.8, 4) is 11.5 Å². The van der Waals surface area contributed by atoms with Gasteiger partial charge in [0.05, 0.1) is 11.8 Å². The van der Waals surface area contributed by atoms with E-state index in [9.17, 15) is 4.79 Å². The second-order valence-corrected chi connectivity index (χ2v) is 6.29. The molecule has 3 aromatic rings. The van der Waals surface area contributed by atoms with Gasteiger partial charge in [0.25, 0.3) is 0 Å². The smallest absolute Gasteiger partial charge is 0.222 e. The van der Waals surface area contributed by atoms with Crippen LogP contribution in [0.3, 0.4) is 0 Å². The summed E-state index contributed by atoms with van der Waals surface area (Å²) in [5.74, 6) is 1.70. The van der Waals surface area contributed by atoms with Gasteiger partial charge in [-0.1, -0.05) is 11.3 Å². The minimum absolute atomic E-state index is 0.161. The van der Waals surface area contributed by atoms with Gasteiger partial charge in [0.1, 0.15) is 29.4 Å². The Hall–Kier alpha value is -2.87. The lowest BCUT2D eigenvalue weighted by molar-refractivity contribution is -0.114. The number of hydrogen-bond acceptors (Lipinski definition) is 7. The Kier molecular flexibility index (Phi) is 4.99. The molecule has 0 saturated heterocycles. The molecule has 0 aliphatic carbocycles. The first-order chi connectivity index (χ1) is 12.1. The molecule has 1 aromatic carbocycles. The molecule has 0 aliphatic rings. The summed E-state index contributed by atoms with van der Waals surface area (Å²) in [5, 5.41) is 6.51. The molecule has 0 aliphatic heterocycles. The third kappa shape index (κ3) is 3.97. The molecule has 0 spiro atoms. The lowest BCUT2D eigenvalue weighted by Crippen LogP contribution is -2.08. The van der Waals surface area contributed by atoms with Crippen LogP contribution in [0.1, 0.15) is 12.5 Å². The van der Waals surface area contributed by atoms with Gasteiger partial charge in [-0.25, -0.2) is 9.97 Å². The van der Waals surface area contributed by atoms with E-state index in [0.29, 0.717) is 23.9 Å². The topological polar surface area (TPSA) is 85.4 Å². The second-order valence-electron chi connectivity index (χ2n) is 5.26. The molecule has 0 bridgehead atoms. The van der Waals surface area contributed by atoms with Crippen molar-refractivity contribution in [2.24, 2.45) is 0 Å². The van der Waals surface area contributed by atoms with Crippen molar-refractivity contribution in [2.75, 3.05) is 24.8 Å². The summed E-state index contributed by atoms with van der Waals surface area (Å²) in [5.41, 5.74) is 1.71. The minimum Gasteiger partial charge on any atom is -0.494 e. The first-order valence-electron chi connectivity index (χ1n) is 7.60. The van der Waals surface area contributed by atoms with E-state index in [1.165, 1.54) is 18.3 Å². The Bertz CT molecular complexity index is 910. The number of rotatable bonds is 6. The summed E-state index contributed by atoms with van der Waals surface area (Å²) in [7, 11) is 3.44. The predicted molar refractivity (Wildman–Crippen MR) is 98.6 cm³/mol. The zero-order valence-corrected chi connectivity index (χ0v) is 14.9. The highest BCUT2D eigenvalue weighted by Gasteiger charge is 2.11. The molecular formula is C17H18N4O3S. The fourth-order valence-electron chi connectivity index (χ4n) is 2.30. The maximum atomic E-state index is 11.1. The van der Waals surface area contributed by atoms with Gasteiger partial charge >= 0.3 is 0 Å². The Morgan fingerprint density at radius 2 is 2.16 bits per heavy atom. The second kappa shape index (κ2) is 7.35. The van der Waals surface area contributed by atoms with Crippen molar-refractivity contribution in [1.29, 1.82) is 0 Å². The summed E-state index contributed by atoms with van der Waals surface area (Å²) >= 11 is 1.53. The van der Waals surface area contributed by atoms with Crippen LogP contribution in [0, 0.1) is 0 Å². The summed E-state index contributed by atoms with van der Waals surface area (Å²) in [4.78, 5) is 19.7. The van der Waals surface area contributed by atoms with Crippen molar-refractivity contribution in [1.82, 2.24) is 9.97 Å². The van der Waals surface area contributed by atoms with Gasteiger partial charge in [-0.15, -0.1) is 0 Å². The van der Waals surface area contributed by atoms with Crippen LogP contribution in [-0.4, -0.2) is 30.0 Å². The van der Waals surface area contributed by atoms with Crippen LogP contribution in [-0.2, 0) is 11.4 Å². The molecule has 0 fully saturated rings. The fourth-order valence-corrected chi connectivity index (χ4v) is 3.17. The Morgan fingerprint density at radius 1 is 1.32 bits per heavy atom. The van der Waals surface area contributed by atoms with Crippen LogP contribution >= 0.6 is 11.3 Å². The van der Waals surface area contributed by atoms with Gasteiger partial charge in [0.2, 0.25) is 5.91 Å². The number of nitrogens with one attached hydrogen (secondary N) is 2. The average molecular weight is 358 g/mol. The summed E-state index contributed by atoms with van der Waals surface area (Å²) in [6.45, 7) is 1.79. The van der Waals surface area contributed by atoms with E-state index in [-0.39, 0.29) is 5.91 Å². The Morgan fingerprint density at radius 3 is 2.88 bits per heavy atom. The number of aromatic nitrogens is 2. The number of amides is 1. The lowest BCUT2D eigenvalue weighted by atomic mass is 10.2. The van der Waals surface area contributed by atoms with E-state index in [1.54, 1.807) is 19.4 Å². The zero-order chi connectivity index (χ0) is 17.8. The van der Waals surface area contributed by atoms with Crippen molar-refractivity contribution < 1.29 is 14.3 Å². The Labute approximate surface area is 149 Å². The number of thiazole rings is 1. The standard InChI is InChI=1S/C17H18N4O3S/c1-10(22)20-15-6-11(4-5-19-15)9-24-12-7-13(23-3)16-14(8-12)25-17(18-2)21-16/h4-8H,9H2,1-3H3,(H,18,21)(H,19,20,22). The average Bonchev–Trinajstić information content (AvgIpc) is 3.02. The first kappa shape index (κ1) is 17.0. The van der Waals surface area contributed by atoms with Gasteiger partial charge in [-0.2, -0.15) is 0 Å². The molecule has 0 radical (unpaired) electrons. The number of ether oxygens (including phenoxy) is 2. The van der Waals surface area contributed by atoms with Gasteiger partial charge in [0.15, 0.2) is 5.13 Å². The van der Waals surface area contributed by atoms with E-state index in [4.69, 9.17) is 9.47 Å². The molecule has 1 amide bonds. The van der Waals surface area contributed by atoms with E-state index < -0.39 is 0 Å². The van der Waals surface area contributed by atoms with Gasteiger partial charge < -0.3 is 20.1 Å². The molecule has 7 nitrogen and oxygen atoms in total. The normalized spacial score (nSPS) is 10.5. The Balaban J connectivity index is 1.80. The number of anilines is 2. The van der Waals surface area contributed by atoms with E-state index in [1.807, 2.05) is 25.2 Å². The molecule has 2 heterocycles. The van der Waals surface area contributed by atoms with Crippen molar-refractivity contribution >= 4 is 38.4 Å². The molecule has 3 rings (SSSR count). The highest BCUT2D eigenvalue weighted by Crippen LogP contribution is 2.36. The van der Waals surface area contributed by atoms with E-state index >= 15 is 0 Å². The number of carbonyl (C=O) groups is 1. The van der Waals surface area contributed by atoms with E-state index in [0.717, 1.165) is 20.9 Å². The zero-order valence-electron chi connectivity index (χ0n) is 14.1. The molecule has 0 unspecified atom stereocenters. The SMILES string of the molecule is CNc1nc2c(OC)cc(OCc3ccnc(NC(C)=O)c3)cc2s1. The first-order valence-corrected chi connectivity index (χ1v) is 8.42. The highest BCUT2D eigenvalue weighted by molar-refractivity contribution is 7.22. The fraction of sp³-hybridized carbons (Fsp3) is 0.235. The molecule has 2 aromatic heterocycles. The van der Waals surface area contributed by atoms with Crippen LogP contribution in [0.25, 0.3) is 10.2 Å². The van der Waals surface area contributed by atoms with Crippen LogP contribution in [0.5, 0.6) is 11.5 Å². The third-order valence-corrected chi connectivity index (χ3v) is 4.42. The highest BCUT2D eigenvalue weighted by atomic mass is 32.1. The number of fused-ring (bicyclic) bond motifs is 1. The maximum Gasteiger partial charge on any atom is 0.222 e.